The summed E-state index contributed by atoms with van der Waals surface area (Å²) in [7, 11) is 0. The number of para-hydroxylation sites is 1. The van der Waals surface area contributed by atoms with Gasteiger partial charge in [0.15, 0.2) is 0 Å². The first kappa shape index (κ1) is 31.1. The van der Waals surface area contributed by atoms with E-state index in [1.165, 1.54) is 55.6 Å². The second-order valence-electron chi connectivity index (χ2n) is 14.5. The highest BCUT2D eigenvalue weighted by Crippen LogP contribution is 2.57. The van der Waals surface area contributed by atoms with Crippen LogP contribution in [0.2, 0.25) is 0 Å². The summed E-state index contributed by atoms with van der Waals surface area (Å²) in [5, 5.41) is 2.21. The summed E-state index contributed by atoms with van der Waals surface area (Å²) in [5.41, 5.74) is 17.3. The highest BCUT2D eigenvalue weighted by Gasteiger charge is 2.39. The Morgan fingerprint density at radius 2 is 0.962 bits per heavy atom. The monoisotopic (exact) mass is 679 g/mol. The Balaban J connectivity index is 1.28. The maximum atomic E-state index is 6.50. The Labute approximate surface area is 310 Å². The summed E-state index contributed by atoms with van der Waals surface area (Å²) in [6, 6.07) is 67.9. The van der Waals surface area contributed by atoms with Crippen LogP contribution in [0.5, 0.6) is 0 Å². The minimum absolute atomic E-state index is 0.244. The van der Waals surface area contributed by atoms with Crippen molar-refractivity contribution < 1.29 is 4.42 Å². The van der Waals surface area contributed by atoms with Gasteiger partial charge in [-0.1, -0.05) is 153 Å². The summed E-state index contributed by atoms with van der Waals surface area (Å²) in [6.45, 7) is 4.77. The minimum atomic E-state index is -0.244. The van der Waals surface area contributed by atoms with Gasteiger partial charge in [-0.25, -0.2) is 0 Å². The van der Waals surface area contributed by atoms with E-state index in [0.29, 0.717) is 0 Å². The third-order valence-corrected chi connectivity index (χ3v) is 11.1. The molecule has 10 rings (SSSR count). The molecule has 252 valence electrons. The highest BCUT2D eigenvalue weighted by atomic mass is 16.3. The van der Waals surface area contributed by atoms with Gasteiger partial charge in [0.1, 0.15) is 11.2 Å². The van der Waals surface area contributed by atoms with Crippen molar-refractivity contribution in [2.24, 2.45) is 0 Å². The number of benzene rings is 8. The SMILES string of the molecule is CC1(C)c2cc(-c3ccccc3)ccc2-c2c(N(c3ccc(-c4ccccc4)cc3)c3cccc4oc5ccccc5c34)cc(-c3ccccc3)cc21. The quantitative estimate of drug-likeness (QED) is 0.174. The van der Waals surface area contributed by atoms with Gasteiger partial charge in [0.25, 0.3) is 0 Å². The van der Waals surface area contributed by atoms with E-state index in [9.17, 15) is 0 Å². The largest absolute Gasteiger partial charge is 0.456 e. The molecular weight excluding hydrogens is 643 g/mol. The Hall–Kier alpha value is -6.64. The Kier molecular flexibility index (Phi) is 7.19. The summed E-state index contributed by atoms with van der Waals surface area (Å²) in [4.78, 5) is 2.47. The topological polar surface area (TPSA) is 16.4 Å². The van der Waals surface area contributed by atoms with Gasteiger partial charge in [-0.15, -0.1) is 0 Å². The fraction of sp³-hybridized carbons (Fsp3) is 0.0588. The molecule has 8 aromatic carbocycles. The molecule has 2 nitrogen and oxygen atoms in total. The van der Waals surface area contributed by atoms with Crippen LogP contribution in [0.4, 0.5) is 17.1 Å². The summed E-state index contributed by atoms with van der Waals surface area (Å²) < 4.78 is 6.50. The number of hydrogen-bond acceptors (Lipinski definition) is 2. The van der Waals surface area contributed by atoms with Crippen LogP contribution in [0.3, 0.4) is 0 Å². The summed E-state index contributed by atoms with van der Waals surface area (Å²) >= 11 is 0. The molecule has 0 amide bonds. The summed E-state index contributed by atoms with van der Waals surface area (Å²) in [5.74, 6) is 0. The van der Waals surface area contributed by atoms with Crippen LogP contribution < -0.4 is 4.90 Å². The van der Waals surface area contributed by atoms with Gasteiger partial charge in [-0.2, -0.15) is 0 Å². The predicted molar refractivity (Wildman–Crippen MR) is 222 cm³/mol. The number of nitrogens with zero attached hydrogens (tertiary/aromatic N) is 1. The van der Waals surface area contributed by atoms with E-state index < -0.39 is 0 Å². The predicted octanol–water partition coefficient (Wildman–Crippen LogP) is 14.4. The minimum Gasteiger partial charge on any atom is -0.456 e. The molecule has 0 unspecified atom stereocenters. The number of anilines is 3. The number of furan rings is 1. The third kappa shape index (κ3) is 5.10. The van der Waals surface area contributed by atoms with Crippen molar-refractivity contribution in [1.82, 2.24) is 0 Å². The molecule has 0 fully saturated rings. The molecule has 0 spiro atoms. The molecule has 1 aliphatic rings. The van der Waals surface area contributed by atoms with Crippen LogP contribution in [-0.4, -0.2) is 0 Å². The molecular formula is C51H37NO. The lowest BCUT2D eigenvalue weighted by Crippen LogP contribution is -2.16. The van der Waals surface area contributed by atoms with Crippen molar-refractivity contribution in [3.8, 4) is 44.5 Å². The van der Waals surface area contributed by atoms with E-state index >= 15 is 0 Å². The van der Waals surface area contributed by atoms with Crippen molar-refractivity contribution in [3.05, 3.63) is 199 Å². The standard InChI is InChI=1S/C51H37NO/c1-51(2)43-31-38(35-17-8-4-9-18-35)27-30-41(43)49-44(51)32-39(36-19-10-5-11-20-36)33-46(49)52(40-28-25-37(26-29-40)34-15-6-3-7-16-34)45-22-14-24-48-50(45)42-21-12-13-23-47(42)53-48/h3-33H,1-2H3. The van der Waals surface area contributed by atoms with Gasteiger partial charge >= 0.3 is 0 Å². The molecule has 1 aliphatic carbocycles. The van der Waals surface area contributed by atoms with E-state index in [4.69, 9.17) is 4.42 Å². The molecule has 0 saturated heterocycles. The zero-order valence-electron chi connectivity index (χ0n) is 29.8. The van der Waals surface area contributed by atoms with Gasteiger partial charge in [0.2, 0.25) is 0 Å². The lowest BCUT2D eigenvalue weighted by atomic mass is 9.80. The van der Waals surface area contributed by atoms with Crippen LogP contribution >= 0.6 is 0 Å². The molecule has 0 atom stereocenters. The van der Waals surface area contributed by atoms with Crippen molar-refractivity contribution in [2.45, 2.75) is 19.3 Å². The second-order valence-corrected chi connectivity index (χ2v) is 14.5. The first-order valence-electron chi connectivity index (χ1n) is 18.3. The van der Waals surface area contributed by atoms with Gasteiger partial charge in [0, 0.05) is 22.1 Å². The van der Waals surface area contributed by atoms with Crippen LogP contribution in [0.25, 0.3) is 66.4 Å². The third-order valence-electron chi connectivity index (χ3n) is 11.1. The van der Waals surface area contributed by atoms with Crippen molar-refractivity contribution >= 4 is 39.0 Å². The maximum absolute atomic E-state index is 6.50. The summed E-state index contributed by atoms with van der Waals surface area (Å²) in [6.07, 6.45) is 0. The highest BCUT2D eigenvalue weighted by molar-refractivity contribution is 6.14. The van der Waals surface area contributed by atoms with E-state index in [1.807, 2.05) is 6.07 Å². The van der Waals surface area contributed by atoms with E-state index in [0.717, 1.165) is 39.0 Å². The van der Waals surface area contributed by atoms with Gasteiger partial charge < -0.3 is 9.32 Å². The fourth-order valence-electron chi connectivity index (χ4n) is 8.39. The Morgan fingerprint density at radius 1 is 0.415 bits per heavy atom. The second kappa shape index (κ2) is 12.3. The van der Waals surface area contributed by atoms with Gasteiger partial charge in [-0.05, 0) is 98.6 Å². The van der Waals surface area contributed by atoms with Crippen LogP contribution in [0.15, 0.2) is 192 Å². The first-order chi connectivity index (χ1) is 26.0. The zero-order valence-corrected chi connectivity index (χ0v) is 29.8. The van der Waals surface area contributed by atoms with E-state index in [2.05, 4.69) is 201 Å². The lowest BCUT2D eigenvalue weighted by Gasteiger charge is -2.30. The van der Waals surface area contributed by atoms with Crippen molar-refractivity contribution in [1.29, 1.82) is 0 Å². The van der Waals surface area contributed by atoms with Crippen LogP contribution in [-0.2, 0) is 5.41 Å². The molecule has 0 aliphatic heterocycles. The molecule has 1 aromatic heterocycles. The Morgan fingerprint density at radius 3 is 1.66 bits per heavy atom. The number of rotatable bonds is 6. The molecule has 0 bridgehead atoms. The lowest BCUT2D eigenvalue weighted by molar-refractivity contribution is 0.661. The van der Waals surface area contributed by atoms with E-state index in [-0.39, 0.29) is 5.41 Å². The maximum Gasteiger partial charge on any atom is 0.137 e. The smallest absolute Gasteiger partial charge is 0.137 e. The average Bonchev–Trinajstić information content (AvgIpc) is 3.71. The molecule has 1 heterocycles. The zero-order chi connectivity index (χ0) is 35.5. The molecule has 0 saturated carbocycles. The first-order valence-corrected chi connectivity index (χ1v) is 18.3. The van der Waals surface area contributed by atoms with Crippen molar-refractivity contribution in [3.63, 3.8) is 0 Å². The number of hydrogen-bond donors (Lipinski definition) is 0. The van der Waals surface area contributed by atoms with E-state index in [1.54, 1.807) is 0 Å². The number of fused-ring (bicyclic) bond motifs is 6. The van der Waals surface area contributed by atoms with Crippen LogP contribution in [0, 0.1) is 0 Å². The normalized spacial score (nSPS) is 12.9. The molecule has 0 N–H and O–H groups in total. The molecule has 0 radical (unpaired) electrons. The fourth-order valence-corrected chi connectivity index (χ4v) is 8.39. The average molecular weight is 680 g/mol. The molecule has 53 heavy (non-hydrogen) atoms. The Bertz CT molecular complexity index is 2780. The molecule has 9 aromatic rings. The molecule has 2 heteroatoms. The van der Waals surface area contributed by atoms with Crippen LogP contribution in [0.1, 0.15) is 25.0 Å². The van der Waals surface area contributed by atoms with Gasteiger partial charge in [-0.3, -0.25) is 0 Å². The van der Waals surface area contributed by atoms with Gasteiger partial charge in [0.05, 0.1) is 16.8 Å². The van der Waals surface area contributed by atoms with Crippen molar-refractivity contribution in [2.75, 3.05) is 4.90 Å².